The Morgan fingerprint density at radius 2 is 2.12 bits per heavy atom. The maximum atomic E-state index is 11.6. The second kappa shape index (κ2) is 5.64. The van der Waals surface area contributed by atoms with E-state index in [0.717, 1.165) is 19.6 Å². The Kier molecular flexibility index (Phi) is 4.18. The zero-order valence-corrected chi connectivity index (χ0v) is 9.95. The molecule has 0 radical (unpaired) electrons. The lowest BCUT2D eigenvalue weighted by molar-refractivity contribution is -0.121. The quantitative estimate of drug-likeness (QED) is 0.715. The Balaban J connectivity index is 1.68. The molecule has 1 aliphatic carbocycles. The minimum Gasteiger partial charge on any atom is -0.353 e. The van der Waals surface area contributed by atoms with Gasteiger partial charge in [-0.25, -0.2) is 0 Å². The Morgan fingerprint density at radius 1 is 1.31 bits per heavy atom. The summed E-state index contributed by atoms with van der Waals surface area (Å²) < 4.78 is 0. The van der Waals surface area contributed by atoms with Crippen LogP contribution in [0.1, 0.15) is 38.5 Å². The van der Waals surface area contributed by atoms with Crippen LogP contribution in [0.25, 0.3) is 0 Å². The second-order valence-electron chi connectivity index (χ2n) is 5.01. The SMILES string of the molecule is NCC1CCCCN1CCC(=O)NC1CC1. The van der Waals surface area contributed by atoms with Crippen molar-refractivity contribution in [2.75, 3.05) is 19.6 Å². The molecule has 1 amide bonds. The number of piperidine rings is 1. The van der Waals surface area contributed by atoms with E-state index >= 15 is 0 Å². The van der Waals surface area contributed by atoms with Crippen LogP contribution in [0.3, 0.4) is 0 Å². The third-order valence-corrected chi connectivity index (χ3v) is 3.59. The smallest absolute Gasteiger partial charge is 0.221 e. The van der Waals surface area contributed by atoms with Crippen LogP contribution in [-0.4, -0.2) is 42.5 Å². The Labute approximate surface area is 97.6 Å². The molecule has 2 rings (SSSR count). The van der Waals surface area contributed by atoms with E-state index in [0.29, 0.717) is 18.5 Å². The lowest BCUT2D eigenvalue weighted by atomic mass is 10.0. The number of rotatable bonds is 5. The molecule has 0 aromatic heterocycles. The summed E-state index contributed by atoms with van der Waals surface area (Å²) >= 11 is 0. The van der Waals surface area contributed by atoms with Crippen LogP contribution in [-0.2, 0) is 4.79 Å². The molecule has 2 fully saturated rings. The van der Waals surface area contributed by atoms with E-state index in [1.807, 2.05) is 0 Å². The summed E-state index contributed by atoms with van der Waals surface area (Å²) in [5.74, 6) is 0.212. The summed E-state index contributed by atoms with van der Waals surface area (Å²) in [5.41, 5.74) is 5.75. The number of nitrogens with one attached hydrogen (secondary N) is 1. The predicted molar refractivity (Wildman–Crippen MR) is 64.0 cm³/mol. The Bertz CT molecular complexity index is 240. The third kappa shape index (κ3) is 3.46. The van der Waals surface area contributed by atoms with Crippen LogP contribution in [0.15, 0.2) is 0 Å². The second-order valence-corrected chi connectivity index (χ2v) is 5.01. The van der Waals surface area contributed by atoms with Crippen molar-refractivity contribution in [1.82, 2.24) is 10.2 Å². The van der Waals surface area contributed by atoms with Crippen LogP contribution in [0.2, 0.25) is 0 Å². The zero-order chi connectivity index (χ0) is 11.4. The molecule has 1 unspecified atom stereocenters. The lowest BCUT2D eigenvalue weighted by Crippen LogP contribution is -2.45. The molecule has 1 heterocycles. The average molecular weight is 225 g/mol. The van der Waals surface area contributed by atoms with Crippen molar-refractivity contribution in [3.05, 3.63) is 0 Å². The molecule has 0 spiro atoms. The standard InChI is InChI=1S/C12H23N3O/c13-9-11-3-1-2-7-15(11)8-6-12(16)14-10-4-5-10/h10-11H,1-9,13H2,(H,14,16). The summed E-state index contributed by atoms with van der Waals surface area (Å²) in [4.78, 5) is 13.9. The molecule has 2 aliphatic rings. The first-order valence-corrected chi connectivity index (χ1v) is 6.53. The van der Waals surface area contributed by atoms with Crippen molar-refractivity contribution < 1.29 is 4.79 Å². The molecular formula is C12H23N3O. The van der Waals surface area contributed by atoms with Gasteiger partial charge in [-0.3, -0.25) is 9.69 Å². The highest BCUT2D eigenvalue weighted by Gasteiger charge is 2.25. The monoisotopic (exact) mass is 225 g/mol. The summed E-state index contributed by atoms with van der Waals surface area (Å²) in [7, 11) is 0. The number of nitrogens with two attached hydrogens (primary N) is 1. The molecule has 16 heavy (non-hydrogen) atoms. The van der Waals surface area contributed by atoms with Gasteiger partial charge < -0.3 is 11.1 Å². The molecule has 3 N–H and O–H groups in total. The summed E-state index contributed by atoms with van der Waals surface area (Å²) in [6, 6.07) is 0.988. The normalized spacial score (nSPS) is 26.7. The van der Waals surface area contributed by atoms with Gasteiger partial charge in [-0.05, 0) is 32.2 Å². The number of carbonyl (C=O) groups excluding carboxylic acids is 1. The van der Waals surface area contributed by atoms with Gasteiger partial charge in [-0.1, -0.05) is 6.42 Å². The molecule has 4 nitrogen and oxygen atoms in total. The lowest BCUT2D eigenvalue weighted by Gasteiger charge is -2.34. The first kappa shape index (κ1) is 11.9. The van der Waals surface area contributed by atoms with Crippen LogP contribution >= 0.6 is 0 Å². The van der Waals surface area contributed by atoms with Gasteiger partial charge in [0, 0.05) is 31.6 Å². The van der Waals surface area contributed by atoms with Crippen molar-refractivity contribution >= 4 is 5.91 Å². The minimum atomic E-state index is 0.212. The first-order chi connectivity index (χ1) is 7.79. The van der Waals surface area contributed by atoms with Gasteiger partial charge in [0.2, 0.25) is 5.91 Å². The van der Waals surface area contributed by atoms with Crippen molar-refractivity contribution in [2.24, 2.45) is 5.73 Å². The van der Waals surface area contributed by atoms with E-state index in [2.05, 4.69) is 10.2 Å². The molecule has 1 atom stereocenters. The van der Waals surface area contributed by atoms with Crippen LogP contribution in [0.4, 0.5) is 0 Å². The molecule has 1 aliphatic heterocycles. The van der Waals surface area contributed by atoms with Crippen LogP contribution in [0.5, 0.6) is 0 Å². The Hall–Kier alpha value is -0.610. The predicted octanol–water partition coefficient (Wildman–Crippen LogP) is 0.468. The van der Waals surface area contributed by atoms with Gasteiger partial charge in [-0.15, -0.1) is 0 Å². The van der Waals surface area contributed by atoms with Crippen molar-refractivity contribution in [3.63, 3.8) is 0 Å². The fourth-order valence-electron chi connectivity index (χ4n) is 2.39. The van der Waals surface area contributed by atoms with E-state index in [4.69, 9.17) is 5.73 Å². The molecule has 1 saturated heterocycles. The maximum absolute atomic E-state index is 11.6. The van der Waals surface area contributed by atoms with Gasteiger partial charge in [0.05, 0.1) is 0 Å². The molecule has 92 valence electrons. The molecular weight excluding hydrogens is 202 g/mol. The number of hydrogen-bond donors (Lipinski definition) is 2. The molecule has 0 aromatic rings. The molecule has 4 heteroatoms. The van der Waals surface area contributed by atoms with Crippen LogP contribution < -0.4 is 11.1 Å². The minimum absolute atomic E-state index is 0.212. The van der Waals surface area contributed by atoms with Crippen molar-refractivity contribution in [2.45, 2.75) is 50.6 Å². The van der Waals surface area contributed by atoms with Crippen molar-refractivity contribution in [3.8, 4) is 0 Å². The highest BCUT2D eigenvalue weighted by molar-refractivity contribution is 5.76. The number of amides is 1. The highest BCUT2D eigenvalue weighted by Crippen LogP contribution is 2.19. The van der Waals surface area contributed by atoms with Crippen molar-refractivity contribution in [1.29, 1.82) is 0 Å². The number of likely N-dealkylation sites (tertiary alicyclic amines) is 1. The molecule has 0 bridgehead atoms. The van der Waals surface area contributed by atoms with E-state index in [1.54, 1.807) is 0 Å². The van der Waals surface area contributed by atoms with Gasteiger partial charge in [0.25, 0.3) is 0 Å². The highest BCUT2D eigenvalue weighted by atomic mass is 16.1. The summed E-state index contributed by atoms with van der Waals surface area (Å²) in [6.07, 6.45) is 6.70. The molecule has 1 saturated carbocycles. The molecule has 0 aromatic carbocycles. The van der Waals surface area contributed by atoms with E-state index in [1.165, 1.54) is 32.1 Å². The third-order valence-electron chi connectivity index (χ3n) is 3.59. The maximum Gasteiger partial charge on any atom is 0.221 e. The summed E-state index contributed by atoms with van der Waals surface area (Å²) in [5, 5.41) is 3.03. The fourth-order valence-corrected chi connectivity index (χ4v) is 2.39. The van der Waals surface area contributed by atoms with E-state index in [9.17, 15) is 4.79 Å². The topological polar surface area (TPSA) is 58.4 Å². The average Bonchev–Trinajstić information content (AvgIpc) is 3.10. The number of hydrogen-bond acceptors (Lipinski definition) is 3. The zero-order valence-electron chi connectivity index (χ0n) is 9.95. The number of carbonyl (C=O) groups is 1. The van der Waals surface area contributed by atoms with Gasteiger partial charge in [0.15, 0.2) is 0 Å². The first-order valence-electron chi connectivity index (χ1n) is 6.53. The van der Waals surface area contributed by atoms with E-state index < -0.39 is 0 Å². The number of nitrogens with zero attached hydrogens (tertiary/aromatic N) is 1. The summed E-state index contributed by atoms with van der Waals surface area (Å²) in [6.45, 7) is 2.71. The van der Waals surface area contributed by atoms with Gasteiger partial charge >= 0.3 is 0 Å². The van der Waals surface area contributed by atoms with E-state index in [-0.39, 0.29) is 5.91 Å². The van der Waals surface area contributed by atoms with Crippen LogP contribution in [0, 0.1) is 0 Å². The fraction of sp³-hybridized carbons (Fsp3) is 0.917. The van der Waals surface area contributed by atoms with Gasteiger partial charge in [0.1, 0.15) is 0 Å². The largest absolute Gasteiger partial charge is 0.353 e. The Morgan fingerprint density at radius 3 is 2.81 bits per heavy atom. The van der Waals surface area contributed by atoms with Gasteiger partial charge in [-0.2, -0.15) is 0 Å².